The van der Waals surface area contributed by atoms with Crippen LogP contribution in [-0.2, 0) is 52.3 Å². The van der Waals surface area contributed by atoms with Crippen LogP contribution in [0.1, 0.15) is 26.7 Å². The molecule has 0 bridgehead atoms. The number of carboxylic acids is 2. The molecule has 0 aromatic heterocycles. The van der Waals surface area contributed by atoms with Gasteiger partial charge in [-0.2, -0.15) is 0 Å². The Kier molecular flexibility index (Phi) is 18.0. The quantitative estimate of drug-likeness (QED) is 0.0607. The number of rotatable bonds is 18. The van der Waals surface area contributed by atoms with Crippen LogP contribution in [0.25, 0.3) is 0 Å². The van der Waals surface area contributed by atoms with Crippen LogP contribution in [0.15, 0.2) is 0 Å². The van der Waals surface area contributed by atoms with E-state index in [2.05, 4.69) is 10.6 Å². The van der Waals surface area contributed by atoms with Crippen molar-refractivity contribution in [3.63, 3.8) is 0 Å². The van der Waals surface area contributed by atoms with Gasteiger partial charge in [-0.05, 0) is 0 Å². The molecule has 364 valence electrons. The Morgan fingerprint density at radius 1 is 0.651 bits per heavy atom. The maximum Gasteiger partial charge on any atom is 0.364 e. The molecular weight excluding hydrogens is 868 g/mol. The fourth-order valence-corrected chi connectivity index (χ4v) is 7.74. The average Bonchev–Trinajstić information content (AvgIpc) is 3.22. The van der Waals surface area contributed by atoms with Gasteiger partial charge in [0.1, 0.15) is 85.5 Å². The van der Waals surface area contributed by atoms with Gasteiger partial charge in [0.2, 0.25) is 11.8 Å². The zero-order valence-electron chi connectivity index (χ0n) is 33.4. The molecule has 0 aromatic rings. The predicted molar refractivity (Wildman–Crippen MR) is 191 cm³/mol. The van der Waals surface area contributed by atoms with Crippen LogP contribution in [0.5, 0.6) is 0 Å². The summed E-state index contributed by atoms with van der Waals surface area (Å²) in [6.45, 7) is -2.71. The number of amides is 2. The van der Waals surface area contributed by atoms with Gasteiger partial charge in [0.05, 0.1) is 50.7 Å². The molecule has 4 heterocycles. The lowest BCUT2D eigenvalue weighted by Crippen LogP contribution is -2.72. The zero-order chi connectivity index (χ0) is 47.5. The Labute approximate surface area is 355 Å². The minimum Gasteiger partial charge on any atom is -0.477 e. The second-order valence-electron chi connectivity index (χ2n) is 15.5. The van der Waals surface area contributed by atoms with Crippen LogP contribution in [0.4, 0.5) is 0 Å². The maximum atomic E-state index is 13.2. The number of hydrogen-bond donors (Lipinski definition) is 18. The molecule has 4 saturated heterocycles. The van der Waals surface area contributed by atoms with Gasteiger partial charge >= 0.3 is 11.9 Å². The van der Waals surface area contributed by atoms with Gasteiger partial charge in [0.25, 0.3) is 11.6 Å². The van der Waals surface area contributed by atoms with Crippen LogP contribution < -0.4 is 10.6 Å². The first-order valence-electron chi connectivity index (χ1n) is 19.4. The molecule has 29 heteroatoms. The number of aliphatic hydroxyl groups excluding tert-OH is 14. The number of ether oxygens (including phenoxy) is 7. The summed E-state index contributed by atoms with van der Waals surface area (Å²) in [4.78, 5) is 50.4. The first-order chi connectivity index (χ1) is 29.4. The monoisotopic (exact) mass is 924 g/mol. The number of carboxylic acid groups (broad SMARTS) is 2. The summed E-state index contributed by atoms with van der Waals surface area (Å²) in [5.41, 5.74) is 0. The van der Waals surface area contributed by atoms with E-state index in [-0.39, 0.29) is 0 Å². The molecule has 4 rings (SSSR count). The molecule has 0 spiro atoms. The largest absolute Gasteiger partial charge is 0.477 e. The van der Waals surface area contributed by atoms with E-state index >= 15 is 0 Å². The molecule has 4 aliphatic heterocycles. The summed E-state index contributed by atoms with van der Waals surface area (Å²) >= 11 is 0. The molecule has 4 aliphatic rings. The van der Waals surface area contributed by atoms with Gasteiger partial charge < -0.3 is 125 Å². The third-order valence-corrected chi connectivity index (χ3v) is 11.0. The topological polar surface area (TPSA) is 481 Å². The van der Waals surface area contributed by atoms with Gasteiger partial charge in [0, 0.05) is 26.7 Å². The highest BCUT2D eigenvalue weighted by molar-refractivity contribution is 5.77. The third kappa shape index (κ3) is 11.2. The minimum atomic E-state index is -3.37. The molecule has 0 radical (unpaired) electrons. The van der Waals surface area contributed by atoms with Crippen molar-refractivity contribution in [3.8, 4) is 0 Å². The number of hydrogen-bond acceptors (Lipinski definition) is 25. The molecule has 2 amide bonds. The molecule has 1 unspecified atom stereocenters. The highest BCUT2D eigenvalue weighted by Gasteiger charge is 2.62. The molecule has 18 N–H and O–H groups in total. The van der Waals surface area contributed by atoms with E-state index in [9.17, 15) is 101 Å². The number of nitrogens with one attached hydrogen (secondary N) is 2. The Balaban J connectivity index is 1.75. The van der Waals surface area contributed by atoms with Gasteiger partial charge in [-0.3, -0.25) is 9.59 Å². The fraction of sp³-hybridized carbons (Fsp3) is 0.882. The Hall–Kier alpha value is -2.96. The highest BCUT2D eigenvalue weighted by Crippen LogP contribution is 2.40. The number of aliphatic carboxylic acids is 2. The van der Waals surface area contributed by atoms with Gasteiger partial charge in [-0.1, -0.05) is 0 Å². The van der Waals surface area contributed by atoms with Crippen LogP contribution in [-0.4, -0.2) is 266 Å². The first-order valence-corrected chi connectivity index (χ1v) is 19.4. The van der Waals surface area contributed by atoms with Crippen molar-refractivity contribution in [2.45, 2.75) is 161 Å². The van der Waals surface area contributed by atoms with Gasteiger partial charge in [-0.15, -0.1) is 0 Å². The molecule has 29 nitrogen and oxygen atoms in total. The summed E-state index contributed by atoms with van der Waals surface area (Å²) in [6.07, 6.45) is -41.1. The van der Waals surface area contributed by atoms with Crippen LogP contribution in [0.2, 0.25) is 0 Å². The fourth-order valence-electron chi connectivity index (χ4n) is 7.74. The third-order valence-electron chi connectivity index (χ3n) is 11.0. The van der Waals surface area contributed by atoms with Crippen molar-refractivity contribution in [3.05, 3.63) is 0 Å². The smallest absolute Gasteiger partial charge is 0.364 e. The molecule has 0 saturated carbocycles. The van der Waals surface area contributed by atoms with Crippen molar-refractivity contribution < 1.29 is 134 Å². The Bertz CT molecular complexity index is 1570. The van der Waals surface area contributed by atoms with Crippen molar-refractivity contribution in [1.29, 1.82) is 0 Å². The lowest BCUT2D eigenvalue weighted by atomic mass is 9.87. The van der Waals surface area contributed by atoms with Crippen LogP contribution >= 0.6 is 0 Å². The van der Waals surface area contributed by atoms with Crippen LogP contribution in [0, 0.1) is 0 Å². The summed E-state index contributed by atoms with van der Waals surface area (Å²) in [5.74, 6) is -12.7. The summed E-state index contributed by atoms with van der Waals surface area (Å²) < 4.78 is 38.5. The predicted octanol–water partition coefficient (Wildman–Crippen LogP) is -11.0. The van der Waals surface area contributed by atoms with E-state index in [1.165, 1.54) is 0 Å². The van der Waals surface area contributed by atoms with Gasteiger partial charge in [-0.25, -0.2) is 9.59 Å². The van der Waals surface area contributed by atoms with Crippen molar-refractivity contribution in [1.82, 2.24) is 10.6 Å². The first kappa shape index (κ1) is 52.7. The molecule has 22 atom stereocenters. The lowest BCUT2D eigenvalue weighted by molar-refractivity contribution is -0.396. The van der Waals surface area contributed by atoms with E-state index in [1.807, 2.05) is 0 Å². The molecule has 0 aromatic carbocycles. The zero-order valence-corrected chi connectivity index (χ0v) is 33.4. The maximum absolute atomic E-state index is 13.2. The minimum absolute atomic E-state index is 0.840. The summed E-state index contributed by atoms with van der Waals surface area (Å²) in [5, 5.41) is 174. The van der Waals surface area contributed by atoms with Crippen molar-refractivity contribution in [2.24, 2.45) is 0 Å². The summed E-state index contributed by atoms with van der Waals surface area (Å²) in [6, 6.07) is -3.59. The molecule has 0 aliphatic carbocycles. The van der Waals surface area contributed by atoms with E-state index in [0.29, 0.717) is 0 Å². The van der Waals surface area contributed by atoms with Crippen LogP contribution in [0.3, 0.4) is 0 Å². The Morgan fingerprint density at radius 3 is 1.62 bits per heavy atom. The van der Waals surface area contributed by atoms with Crippen molar-refractivity contribution in [2.75, 3.05) is 26.4 Å². The van der Waals surface area contributed by atoms with Crippen molar-refractivity contribution >= 4 is 23.8 Å². The second kappa shape index (κ2) is 21.6. The molecule has 4 fully saturated rings. The SMILES string of the molecule is CC(=O)N[C@H]1[C@H]([C@H](O)[C@H](O)CO)O[C@@](O[C@H](CO)[C@@H](O)[C@@H]2O[C@@](O[C@H]3[C@H](O[C@H]4[C@@H](O)[C@@H](CO)OC(O)[C@@H]4O)O[C@H](CO)[C@H](O)[C@@H]3O)(C(=O)O)C[C@H](O)[C@H]2NC(C)=O)(C(=O)O)C[C@@H]1O. The Morgan fingerprint density at radius 2 is 1.14 bits per heavy atom. The average molecular weight is 925 g/mol. The van der Waals surface area contributed by atoms with E-state index < -0.39 is 197 Å². The highest BCUT2D eigenvalue weighted by atomic mass is 16.8. The normalized spacial score (nSPS) is 42.9. The number of carbonyl (C=O) groups is 4. The molecular formula is C34H56N2O27. The summed E-state index contributed by atoms with van der Waals surface area (Å²) in [7, 11) is 0. The number of aliphatic hydroxyl groups is 14. The van der Waals surface area contributed by atoms with E-state index in [4.69, 9.17) is 33.2 Å². The van der Waals surface area contributed by atoms with E-state index in [1.54, 1.807) is 0 Å². The molecule has 63 heavy (non-hydrogen) atoms. The number of carbonyl (C=O) groups excluding carboxylic acids is 2. The van der Waals surface area contributed by atoms with Gasteiger partial charge in [0.15, 0.2) is 12.6 Å². The lowest BCUT2D eigenvalue weighted by Gasteiger charge is -2.51. The van der Waals surface area contributed by atoms with E-state index in [0.717, 1.165) is 13.8 Å². The standard InChI is InChI=1S/C34H56N2O27/c1-9(41)35-17-11(43)3-33(31(53)54,61-25(17)19(46)13(45)5-37)60-16(8-40)22(49)26-18(36-10(2)42)12(44)4-34(62-26,32(55)56)63-28-23(50)20(47)14(6-38)58-30(28)59-27-21(48)15(7-39)57-29(52)24(27)51/h11-30,37-40,43-52H,3-8H2,1-2H3,(H,35,41)(H,36,42)(H,53,54)(H,55,56)/t11-,12-,13+,14+,15+,16+,17+,18+,19+,20-,21-,22+,23-,24+,25+,26+,27-,28+,29?,30-,33+,34-/m0/s1. The second-order valence-corrected chi connectivity index (χ2v) is 15.5.